The second-order valence-electron chi connectivity index (χ2n) is 7.14. The first-order chi connectivity index (χ1) is 12.9. The fourth-order valence-corrected chi connectivity index (χ4v) is 2.89. The summed E-state index contributed by atoms with van der Waals surface area (Å²) in [7, 11) is 8.09. The van der Waals surface area contributed by atoms with E-state index in [4.69, 9.17) is 0 Å². The molecule has 0 radical (unpaired) electrons. The predicted molar refractivity (Wildman–Crippen MR) is 115 cm³/mol. The minimum absolute atomic E-state index is 0.0799. The van der Waals surface area contributed by atoms with E-state index in [1.807, 2.05) is 58.5 Å². The van der Waals surface area contributed by atoms with Crippen molar-refractivity contribution in [1.29, 1.82) is 0 Å². The number of benzene rings is 2. The molecule has 0 fully saturated rings. The molecule has 0 aromatic heterocycles. The first kappa shape index (κ1) is 20.7. The Morgan fingerprint density at radius 3 is 2.15 bits per heavy atom. The van der Waals surface area contributed by atoms with Gasteiger partial charge in [0.1, 0.15) is 0 Å². The summed E-state index contributed by atoms with van der Waals surface area (Å²) >= 11 is 0. The maximum Gasteiger partial charge on any atom is 0.244 e. The Hall–Kier alpha value is -2.59. The third kappa shape index (κ3) is 6.26. The maximum absolute atomic E-state index is 12.2. The number of carbonyl (C=O) groups is 1. The Morgan fingerprint density at radius 2 is 1.63 bits per heavy atom. The molecule has 1 amide bonds. The average molecular weight is 366 g/mol. The van der Waals surface area contributed by atoms with Crippen molar-refractivity contribution in [2.24, 2.45) is 0 Å². The van der Waals surface area contributed by atoms with Crippen LogP contribution < -0.4 is 10.2 Å². The summed E-state index contributed by atoms with van der Waals surface area (Å²) in [6.07, 6.45) is 4.47. The normalized spacial score (nSPS) is 12.4. The van der Waals surface area contributed by atoms with Gasteiger partial charge < -0.3 is 15.1 Å². The van der Waals surface area contributed by atoms with Crippen LogP contribution in [0.25, 0.3) is 6.08 Å². The Labute approximate surface area is 163 Å². The molecule has 0 saturated carbocycles. The van der Waals surface area contributed by atoms with Crippen LogP contribution in [0.1, 0.15) is 29.7 Å². The smallest absolute Gasteiger partial charge is 0.244 e. The molecule has 0 bridgehead atoms. The summed E-state index contributed by atoms with van der Waals surface area (Å²) in [6, 6.07) is 16.9. The molecule has 0 saturated heterocycles. The van der Waals surface area contributed by atoms with Crippen molar-refractivity contribution in [2.45, 2.75) is 19.4 Å². The minimum atomic E-state index is -0.0799. The molecule has 0 aliphatic rings. The molecule has 0 spiro atoms. The van der Waals surface area contributed by atoms with E-state index < -0.39 is 0 Å². The van der Waals surface area contributed by atoms with Crippen molar-refractivity contribution in [3.8, 4) is 0 Å². The van der Waals surface area contributed by atoms with Gasteiger partial charge >= 0.3 is 0 Å². The third-order valence-electron chi connectivity index (χ3n) is 4.70. The van der Waals surface area contributed by atoms with Gasteiger partial charge in [0.05, 0.1) is 6.04 Å². The molecule has 2 rings (SSSR count). The second kappa shape index (κ2) is 9.93. The number of carbonyl (C=O) groups excluding carboxylic acids is 1. The summed E-state index contributed by atoms with van der Waals surface area (Å²) in [5.41, 5.74) is 4.68. The highest BCUT2D eigenvalue weighted by Crippen LogP contribution is 2.18. The lowest BCUT2D eigenvalue weighted by Crippen LogP contribution is -2.33. The monoisotopic (exact) mass is 365 g/mol. The molecular weight excluding hydrogens is 334 g/mol. The van der Waals surface area contributed by atoms with Gasteiger partial charge in [-0.15, -0.1) is 0 Å². The lowest BCUT2D eigenvalue weighted by molar-refractivity contribution is -0.116. The highest BCUT2D eigenvalue weighted by atomic mass is 16.1. The zero-order valence-electron chi connectivity index (χ0n) is 17.1. The zero-order chi connectivity index (χ0) is 19.8. The van der Waals surface area contributed by atoms with E-state index >= 15 is 0 Å². The molecule has 4 heteroatoms. The summed E-state index contributed by atoms with van der Waals surface area (Å²) in [6.45, 7) is 2.72. The Balaban J connectivity index is 1.94. The number of anilines is 1. The van der Waals surface area contributed by atoms with Gasteiger partial charge in [-0.05, 0) is 55.4 Å². The molecule has 4 nitrogen and oxygen atoms in total. The molecule has 1 N–H and O–H groups in total. The molecule has 0 aliphatic carbocycles. The molecule has 0 heterocycles. The zero-order valence-corrected chi connectivity index (χ0v) is 17.1. The van der Waals surface area contributed by atoms with Crippen LogP contribution in [0.3, 0.4) is 0 Å². The predicted octanol–water partition coefficient (Wildman–Crippen LogP) is 3.75. The quantitative estimate of drug-likeness (QED) is 0.724. The standard InChI is InChI=1S/C23H31N3O/c1-6-18-7-12-20(13-8-18)22(26(4)5)17-24-23(27)16-11-19-9-14-21(15-10-19)25(2)3/h7-16,22H,6,17H2,1-5H3,(H,24,27)/b16-11+/t22-/m0/s1. The van der Waals surface area contributed by atoms with Crippen LogP contribution in [0.2, 0.25) is 0 Å². The van der Waals surface area contributed by atoms with E-state index in [1.165, 1.54) is 11.1 Å². The molecule has 0 aliphatic heterocycles. The van der Waals surface area contributed by atoms with E-state index in [0.717, 1.165) is 17.7 Å². The molecule has 1 atom stereocenters. The van der Waals surface area contributed by atoms with Crippen molar-refractivity contribution < 1.29 is 4.79 Å². The highest BCUT2D eigenvalue weighted by molar-refractivity contribution is 5.91. The fraction of sp³-hybridized carbons (Fsp3) is 0.348. The molecule has 27 heavy (non-hydrogen) atoms. The topological polar surface area (TPSA) is 35.6 Å². The van der Waals surface area contributed by atoms with E-state index in [9.17, 15) is 4.79 Å². The van der Waals surface area contributed by atoms with Crippen LogP contribution >= 0.6 is 0 Å². The van der Waals surface area contributed by atoms with Crippen LogP contribution in [0.15, 0.2) is 54.6 Å². The van der Waals surface area contributed by atoms with E-state index in [-0.39, 0.29) is 11.9 Å². The largest absolute Gasteiger partial charge is 0.378 e. The van der Waals surface area contributed by atoms with Crippen LogP contribution in [-0.2, 0) is 11.2 Å². The van der Waals surface area contributed by atoms with Gasteiger partial charge in [-0.2, -0.15) is 0 Å². The average Bonchev–Trinajstić information content (AvgIpc) is 2.67. The number of nitrogens with one attached hydrogen (secondary N) is 1. The number of amides is 1. The van der Waals surface area contributed by atoms with E-state index in [1.54, 1.807) is 6.08 Å². The highest BCUT2D eigenvalue weighted by Gasteiger charge is 2.14. The summed E-state index contributed by atoms with van der Waals surface area (Å²) in [4.78, 5) is 16.4. The minimum Gasteiger partial charge on any atom is -0.378 e. The fourth-order valence-electron chi connectivity index (χ4n) is 2.89. The van der Waals surface area contributed by atoms with Crippen LogP contribution in [-0.4, -0.2) is 45.5 Å². The van der Waals surface area contributed by atoms with Gasteiger partial charge in [0, 0.05) is 32.4 Å². The van der Waals surface area contributed by atoms with Gasteiger partial charge in [-0.3, -0.25) is 4.79 Å². The lowest BCUT2D eigenvalue weighted by Gasteiger charge is -2.25. The SMILES string of the molecule is CCc1ccc([C@H](CNC(=O)/C=C/c2ccc(N(C)C)cc2)N(C)C)cc1. The Bertz CT molecular complexity index is 746. The van der Waals surface area contributed by atoms with Gasteiger partial charge in [0.2, 0.25) is 5.91 Å². The molecule has 2 aromatic carbocycles. The van der Waals surface area contributed by atoms with Gasteiger partial charge in [-0.25, -0.2) is 0 Å². The molecule has 2 aromatic rings. The first-order valence-corrected chi connectivity index (χ1v) is 9.39. The van der Waals surface area contributed by atoms with E-state index in [0.29, 0.717) is 6.54 Å². The molecular formula is C23H31N3O. The van der Waals surface area contributed by atoms with Crippen molar-refractivity contribution in [3.63, 3.8) is 0 Å². The van der Waals surface area contributed by atoms with Gasteiger partial charge in [0.25, 0.3) is 0 Å². The van der Waals surface area contributed by atoms with Crippen molar-refractivity contribution in [1.82, 2.24) is 10.2 Å². The number of nitrogens with zero attached hydrogens (tertiary/aromatic N) is 2. The number of rotatable bonds is 8. The van der Waals surface area contributed by atoms with Crippen molar-refractivity contribution in [3.05, 3.63) is 71.3 Å². The first-order valence-electron chi connectivity index (χ1n) is 9.39. The van der Waals surface area contributed by atoms with Crippen LogP contribution in [0.5, 0.6) is 0 Å². The number of likely N-dealkylation sites (N-methyl/N-ethyl adjacent to an activating group) is 1. The molecule has 0 unspecified atom stereocenters. The van der Waals surface area contributed by atoms with Gasteiger partial charge in [0.15, 0.2) is 0 Å². The number of aryl methyl sites for hydroxylation is 1. The van der Waals surface area contributed by atoms with Crippen LogP contribution in [0, 0.1) is 0 Å². The number of hydrogen-bond acceptors (Lipinski definition) is 3. The summed E-state index contributed by atoms with van der Waals surface area (Å²) in [5.74, 6) is -0.0799. The number of hydrogen-bond donors (Lipinski definition) is 1. The van der Waals surface area contributed by atoms with Crippen LogP contribution in [0.4, 0.5) is 5.69 Å². The van der Waals surface area contributed by atoms with E-state index in [2.05, 4.69) is 46.3 Å². The van der Waals surface area contributed by atoms with Crippen molar-refractivity contribution in [2.75, 3.05) is 39.6 Å². The summed E-state index contributed by atoms with van der Waals surface area (Å²) in [5, 5.41) is 3.02. The summed E-state index contributed by atoms with van der Waals surface area (Å²) < 4.78 is 0. The third-order valence-corrected chi connectivity index (χ3v) is 4.70. The Kier molecular flexibility index (Phi) is 7.62. The second-order valence-corrected chi connectivity index (χ2v) is 7.14. The maximum atomic E-state index is 12.2. The Morgan fingerprint density at radius 1 is 1.00 bits per heavy atom. The van der Waals surface area contributed by atoms with Crippen molar-refractivity contribution >= 4 is 17.7 Å². The van der Waals surface area contributed by atoms with Gasteiger partial charge in [-0.1, -0.05) is 43.3 Å². The molecule has 144 valence electrons. The lowest BCUT2D eigenvalue weighted by atomic mass is 10.0.